The Hall–Kier alpha value is -0.450. The first-order valence-electron chi connectivity index (χ1n) is 5.12. The minimum Gasteiger partial charge on any atom is -0.383 e. The van der Waals surface area contributed by atoms with Gasteiger partial charge in [0.2, 0.25) is 0 Å². The SMILES string of the molecule is COCC(C)(C)NCc1cc(F)cc(Br)c1. The minimum atomic E-state index is -0.226. The van der Waals surface area contributed by atoms with Crippen molar-refractivity contribution in [3.63, 3.8) is 0 Å². The van der Waals surface area contributed by atoms with E-state index in [0.29, 0.717) is 13.2 Å². The van der Waals surface area contributed by atoms with Gasteiger partial charge in [-0.1, -0.05) is 15.9 Å². The Balaban J connectivity index is 2.60. The fourth-order valence-corrected chi connectivity index (χ4v) is 1.98. The lowest BCUT2D eigenvalue weighted by Gasteiger charge is -2.25. The number of halogens is 2. The van der Waals surface area contributed by atoms with Crippen LogP contribution in [0.5, 0.6) is 0 Å². The molecule has 0 atom stereocenters. The summed E-state index contributed by atoms with van der Waals surface area (Å²) in [7, 11) is 1.67. The summed E-state index contributed by atoms with van der Waals surface area (Å²) in [4.78, 5) is 0. The van der Waals surface area contributed by atoms with E-state index in [1.54, 1.807) is 7.11 Å². The van der Waals surface area contributed by atoms with Gasteiger partial charge in [0.05, 0.1) is 6.61 Å². The van der Waals surface area contributed by atoms with Gasteiger partial charge in [-0.25, -0.2) is 4.39 Å². The van der Waals surface area contributed by atoms with Gasteiger partial charge < -0.3 is 10.1 Å². The van der Waals surface area contributed by atoms with Crippen LogP contribution in [0.1, 0.15) is 19.4 Å². The molecule has 4 heteroatoms. The zero-order valence-electron chi connectivity index (χ0n) is 9.81. The number of ether oxygens (including phenoxy) is 1. The number of hydrogen-bond donors (Lipinski definition) is 1. The van der Waals surface area contributed by atoms with Crippen LogP contribution in [0.2, 0.25) is 0 Å². The predicted molar refractivity (Wildman–Crippen MR) is 66.9 cm³/mol. The second-order valence-corrected chi connectivity index (χ2v) is 5.36. The van der Waals surface area contributed by atoms with Crippen LogP contribution < -0.4 is 5.32 Å². The summed E-state index contributed by atoms with van der Waals surface area (Å²) < 4.78 is 19.0. The average Bonchev–Trinajstić information content (AvgIpc) is 2.13. The van der Waals surface area contributed by atoms with E-state index in [2.05, 4.69) is 21.2 Å². The molecule has 0 unspecified atom stereocenters. The highest BCUT2D eigenvalue weighted by molar-refractivity contribution is 9.10. The van der Waals surface area contributed by atoms with E-state index in [1.165, 1.54) is 12.1 Å². The Kier molecular flexibility index (Phi) is 4.89. The van der Waals surface area contributed by atoms with Crippen molar-refractivity contribution in [3.05, 3.63) is 34.1 Å². The average molecular weight is 290 g/mol. The van der Waals surface area contributed by atoms with Crippen molar-refractivity contribution >= 4 is 15.9 Å². The van der Waals surface area contributed by atoms with Crippen molar-refractivity contribution in [3.8, 4) is 0 Å². The van der Waals surface area contributed by atoms with Gasteiger partial charge in [-0.15, -0.1) is 0 Å². The third-order valence-corrected chi connectivity index (χ3v) is 2.66. The van der Waals surface area contributed by atoms with Crippen LogP contribution in [0.3, 0.4) is 0 Å². The molecule has 0 saturated carbocycles. The summed E-state index contributed by atoms with van der Waals surface area (Å²) in [5.74, 6) is -0.226. The van der Waals surface area contributed by atoms with E-state index >= 15 is 0 Å². The molecule has 0 radical (unpaired) electrons. The molecule has 0 aliphatic rings. The summed E-state index contributed by atoms with van der Waals surface area (Å²) >= 11 is 3.27. The molecule has 0 heterocycles. The van der Waals surface area contributed by atoms with Crippen LogP contribution in [0.15, 0.2) is 22.7 Å². The lowest BCUT2D eigenvalue weighted by Crippen LogP contribution is -2.42. The molecule has 0 aromatic heterocycles. The maximum absolute atomic E-state index is 13.1. The molecule has 1 aromatic rings. The normalized spacial score (nSPS) is 11.8. The van der Waals surface area contributed by atoms with Gasteiger partial charge in [0, 0.05) is 23.7 Å². The zero-order valence-corrected chi connectivity index (χ0v) is 11.4. The Bertz CT molecular complexity index is 335. The molecule has 0 fully saturated rings. The molecule has 1 N–H and O–H groups in total. The monoisotopic (exact) mass is 289 g/mol. The van der Waals surface area contributed by atoms with E-state index in [9.17, 15) is 4.39 Å². The molecule has 90 valence electrons. The summed E-state index contributed by atoms with van der Waals surface area (Å²) in [5.41, 5.74) is 0.795. The number of methoxy groups -OCH3 is 1. The first-order chi connectivity index (χ1) is 7.43. The molecule has 0 aliphatic carbocycles. The lowest BCUT2D eigenvalue weighted by molar-refractivity contribution is 0.127. The molecule has 0 saturated heterocycles. The fraction of sp³-hybridized carbons (Fsp3) is 0.500. The minimum absolute atomic E-state index is 0.118. The van der Waals surface area contributed by atoms with Gasteiger partial charge in [0.15, 0.2) is 0 Å². The molecule has 0 spiro atoms. The summed E-state index contributed by atoms with van der Waals surface area (Å²) in [6.45, 7) is 5.33. The number of nitrogens with one attached hydrogen (secondary N) is 1. The molecule has 16 heavy (non-hydrogen) atoms. The van der Waals surface area contributed by atoms with Crippen molar-refractivity contribution in [2.24, 2.45) is 0 Å². The molecule has 2 nitrogen and oxygen atoms in total. The predicted octanol–water partition coefficient (Wildman–Crippen LogP) is 3.10. The third-order valence-electron chi connectivity index (χ3n) is 2.20. The van der Waals surface area contributed by atoms with E-state index in [0.717, 1.165) is 10.0 Å². The van der Waals surface area contributed by atoms with Gasteiger partial charge in [-0.2, -0.15) is 0 Å². The van der Waals surface area contributed by atoms with Gasteiger partial charge in [0.1, 0.15) is 5.82 Å². The number of rotatable bonds is 5. The highest BCUT2D eigenvalue weighted by atomic mass is 79.9. The van der Waals surface area contributed by atoms with Crippen LogP contribution in [0.25, 0.3) is 0 Å². The Labute approximate surface area is 104 Å². The van der Waals surface area contributed by atoms with Crippen molar-refractivity contribution in [2.75, 3.05) is 13.7 Å². The lowest BCUT2D eigenvalue weighted by atomic mass is 10.1. The van der Waals surface area contributed by atoms with Crippen molar-refractivity contribution < 1.29 is 9.13 Å². The second kappa shape index (κ2) is 5.75. The van der Waals surface area contributed by atoms with Crippen LogP contribution in [0.4, 0.5) is 4.39 Å². The van der Waals surface area contributed by atoms with Gasteiger partial charge in [0.25, 0.3) is 0 Å². The number of benzene rings is 1. The van der Waals surface area contributed by atoms with Crippen molar-refractivity contribution in [2.45, 2.75) is 25.9 Å². The van der Waals surface area contributed by atoms with Crippen molar-refractivity contribution in [1.82, 2.24) is 5.32 Å². The Morgan fingerprint density at radius 2 is 2.06 bits per heavy atom. The summed E-state index contributed by atoms with van der Waals surface area (Å²) in [5, 5.41) is 3.32. The standard InChI is InChI=1S/C12H17BrFNO/c1-12(2,8-16-3)15-7-9-4-10(13)6-11(14)5-9/h4-6,15H,7-8H2,1-3H3. The first-order valence-corrected chi connectivity index (χ1v) is 5.91. The van der Waals surface area contributed by atoms with Gasteiger partial charge in [-0.3, -0.25) is 0 Å². The Morgan fingerprint density at radius 1 is 1.38 bits per heavy atom. The third kappa shape index (κ3) is 4.60. The van der Waals surface area contributed by atoms with Crippen LogP contribution in [-0.4, -0.2) is 19.3 Å². The summed E-state index contributed by atoms with van der Waals surface area (Å²) in [6, 6.07) is 4.88. The van der Waals surface area contributed by atoms with E-state index in [-0.39, 0.29) is 11.4 Å². The molecule has 0 bridgehead atoms. The fourth-order valence-electron chi connectivity index (χ4n) is 1.47. The maximum atomic E-state index is 13.1. The highest BCUT2D eigenvalue weighted by Gasteiger charge is 2.16. The summed E-state index contributed by atoms with van der Waals surface area (Å²) in [6.07, 6.45) is 0. The second-order valence-electron chi connectivity index (χ2n) is 4.45. The first kappa shape index (κ1) is 13.6. The molecular weight excluding hydrogens is 273 g/mol. The molecule has 1 rings (SSSR count). The molecule has 1 aromatic carbocycles. The van der Waals surface area contributed by atoms with Gasteiger partial charge in [-0.05, 0) is 37.6 Å². The molecular formula is C12H17BrFNO. The van der Waals surface area contributed by atoms with E-state index < -0.39 is 0 Å². The van der Waals surface area contributed by atoms with E-state index in [4.69, 9.17) is 4.74 Å². The quantitative estimate of drug-likeness (QED) is 0.899. The van der Waals surface area contributed by atoms with Crippen LogP contribution >= 0.6 is 15.9 Å². The highest BCUT2D eigenvalue weighted by Crippen LogP contribution is 2.15. The maximum Gasteiger partial charge on any atom is 0.124 e. The van der Waals surface area contributed by atoms with Crippen LogP contribution in [0, 0.1) is 5.82 Å². The molecule has 0 aliphatic heterocycles. The number of hydrogen-bond acceptors (Lipinski definition) is 2. The zero-order chi connectivity index (χ0) is 12.2. The largest absolute Gasteiger partial charge is 0.383 e. The van der Waals surface area contributed by atoms with Crippen molar-refractivity contribution in [1.29, 1.82) is 0 Å². The smallest absolute Gasteiger partial charge is 0.124 e. The molecule has 0 amide bonds. The van der Waals surface area contributed by atoms with E-state index in [1.807, 2.05) is 19.9 Å². The van der Waals surface area contributed by atoms with Crippen LogP contribution in [-0.2, 0) is 11.3 Å². The topological polar surface area (TPSA) is 21.3 Å². The Morgan fingerprint density at radius 3 is 2.62 bits per heavy atom. The van der Waals surface area contributed by atoms with Gasteiger partial charge >= 0.3 is 0 Å².